The zero-order chi connectivity index (χ0) is 21.9. The first kappa shape index (κ1) is 21.1. The summed E-state index contributed by atoms with van der Waals surface area (Å²) in [6, 6.07) is 10.8. The van der Waals surface area contributed by atoms with Crippen LogP contribution in [0.1, 0.15) is 10.4 Å². The molecule has 0 fully saturated rings. The van der Waals surface area contributed by atoms with Crippen LogP contribution in [0.5, 0.6) is 5.75 Å². The summed E-state index contributed by atoms with van der Waals surface area (Å²) in [5, 5.41) is 5.15. The van der Waals surface area contributed by atoms with Crippen molar-refractivity contribution >= 4 is 16.7 Å². The molecular weight excluding hydrogens is 410 g/mol. The second-order valence-corrected chi connectivity index (χ2v) is 6.16. The number of carbonyl (C=O) groups is 1. The first-order chi connectivity index (χ1) is 14.2. The van der Waals surface area contributed by atoms with Gasteiger partial charge in [0.15, 0.2) is 0 Å². The number of nitrogens with zero attached hydrogens (tertiary/aromatic N) is 1. The highest BCUT2D eigenvalue weighted by atomic mass is 19.3. The third-order valence-corrected chi connectivity index (χ3v) is 4.14. The standard InChI is InChI=1S/C19H15F4N3O4/c20-18(21)19(22,23)30-14-8-4-3-7-13(14)15(27)24-9-10-26-17(29)12-6-2-1-5-11(12)16(28)25-26/h1-8,18H,9-10H2,(H,24,27)(H,25,28). The number of benzene rings is 2. The molecule has 0 saturated carbocycles. The number of hydrogen-bond acceptors (Lipinski definition) is 4. The van der Waals surface area contributed by atoms with Crippen molar-refractivity contribution in [2.75, 3.05) is 6.54 Å². The number of amides is 1. The molecule has 3 rings (SSSR count). The van der Waals surface area contributed by atoms with Crippen LogP contribution < -0.4 is 21.2 Å². The Bertz CT molecular complexity index is 1190. The Labute approximate surface area is 165 Å². The third kappa shape index (κ3) is 4.34. The van der Waals surface area contributed by atoms with Gasteiger partial charge in [-0.25, -0.2) is 4.68 Å². The van der Waals surface area contributed by atoms with Crippen LogP contribution in [0.15, 0.2) is 58.1 Å². The molecule has 0 unspecified atom stereocenters. The van der Waals surface area contributed by atoms with Crippen molar-refractivity contribution in [1.82, 2.24) is 15.1 Å². The number of carbonyl (C=O) groups excluding carboxylic acids is 1. The molecule has 0 aliphatic heterocycles. The van der Waals surface area contributed by atoms with Crippen molar-refractivity contribution in [2.24, 2.45) is 0 Å². The molecular formula is C19H15F4N3O4. The lowest BCUT2D eigenvalue weighted by Gasteiger charge is -2.18. The number of aromatic nitrogens is 2. The van der Waals surface area contributed by atoms with Gasteiger partial charge in [0.2, 0.25) is 0 Å². The smallest absolute Gasteiger partial charge is 0.427 e. The number of H-pyrrole nitrogens is 1. The number of aromatic amines is 1. The molecule has 0 saturated heterocycles. The maximum Gasteiger partial charge on any atom is 0.461 e. The lowest BCUT2D eigenvalue weighted by atomic mass is 10.2. The Morgan fingerprint density at radius 1 is 1.07 bits per heavy atom. The second-order valence-electron chi connectivity index (χ2n) is 6.16. The van der Waals surface area contributed by atoms with Gasteiger partial charge >= 0.3 is 12.5 Å². The van der Waals surface area contributed by atoms with E-state index >= 15 is 0 Å². The summed E-state index contributed by atoms with van der Waals surface area (Å²) in [4.78, 5) is 36.8. The number of ether oxygens (including phenoxy) is 1. The first-order valence-corrected chi connectivity index (χ1v) is 8.65. The number of alkyl halides is 4. The summed E-state index contributed by atoms with van der Waals surface area (Å²) >= 11 is 0. The van der Waals surface area contributed by atoms with Gasteiger partial charge in [0.25, 0.3) is 17.0 Å². The van der Waals surface area contributed by atoms with Gasteiger partial charge in [0, 0.05) is 6.54 Å². The highest BCUT2D eigenvalue weighted by Gasteiger charge is 2.44. The maximum absolute atomic E-state index is 13.2. The maximum atomic E-state index is 13.2. The van der Waals surface area contributed by atoms with Crippen molar-refractivity contribution < 1.29 is 27.1 Å². The van der Waals surface area contributed by atoms with E-state index in [0.717, 1.165) is 16.8 Å². The van der Waals surface area contributed by atoms with E-state index in [2.05, 4.69) is 15.2 Å². The Morgan fingerprint density at radius 3 is 2.40 bits per heavy atom. The fourth-order valence-electron chi connectivity index (χ4n) is 2.71. The van der Waals surface area contributed by atoms with Crippen molar-refractivity contribution in [3.63, 3.8) is 0 Å². The molecule has 30 heavy (non-hydrogen) atoms. The molecule has 0 aliphatic carbocycles. The Morgan fingerprint density at radius 2 is 1.70 bits per heavy atom. The largest absolute Gasteiger partial charge is 0.461 e. The van der Waals surface area contributed by atoms with E-state index in [-0.39, 0.29) is 23.9 Å². The molecule has 1 amide bonds. The summed E-state index contributed by atoms with van der Waals surface area (Å²) in [6.45, 7) is -0.284. The van der Waals surface area contributed by atoms with Crippen LogP contribution in [0.2, 0.25) is 0 Å². The minimum Gasteiger partial charge on any atom is -0.427 e. The summed E-state index contributed by atoms with van der Waals surface area (Å²) in [7, 11) is 0. The van der Waals surface area contributed by atoms with Crippen LogP contribution in [0.4, 0.5) is 17.6 Å². The van der Waals surface area contributed by atoms with Gasteiger partial charge < -0.3 is 10.1 Å². The monoisotopic (exact) mass is 425 g/mol. The zero-order valence-electron chi connectivity index (χ0n) is 15.2. The lowest BCUT2D eigenvalue weighted by Crippen LogP contribution is -2.36. The second kappa shape index (κ2) is 8.39. The summed E-state index contributed by atoms with van der Waals surface area (Å²) in [5.41, 5.74) is -1.37. The van der Waals surface area contributed by atoms with Crippen LogP contribution in [-0.2, 0) is 6.54 Å². The molecule has 3 aromatic rings. The Hall–Kier alpha value is -3.63. The van der Waals surface area contributed by atoms with E-state index < -0.39 is 40.9 Å². The van der Waals surface area contributed by atoms with Crippen molar-refractivity contribution in [1.29, 1.82) is 0 Å². The molecule has 2 aromatic carbocycles. The van der Waals surface area contributed by atoms with Gasteiger partial charge in [-0.1, -0.05) is 24.3 Å². The highest BCUT2D eigenvalue weighted by molar-refractivity contribution is 5.96. The molecule has 0 radical (unpaired) electrons. The highest BCUT2D eigenvalue weighted by Crippen LogP contribution is 2.29. The van der Waals surface area contributed by atoms with E-state index in [1.165, 1.54) is 24.3 Å². The summed E-state index contributed by atoms with van der Waals surface area (Å²) in [6.07, 6.45) is -8.85. The predicted molar refractivity (Wildman–Crippen MR) is 99.2 cm³/mol. The minimum atomic E-state index is -4.77. The Kier molecular flexibility index (Phi) is 5.90. The SMILES string of the molecule is O=C(NCCn1[nH]c(=O)c2ccccc2c1=O)c1ccccc1OC(F)(F)C(F)F. The summed E-state index contributed by atoms with van der Waals surface area (Å²) in [5.74, 6) is -1.61. The lowest BCUT2D eigenvalue weighted by molar-refractivity contribution is -0.253. The summed E-state index contributed by atoms with van der Waals surface area (Å²) < 4.78 is 56.1. The number of halogens is 4. The molecule has 158 valence electrons. The van der Waals surface area contributed by atoms with Crippen LogP contribution in [0, 0.1) is 0 Å². The van der Waals surface area contributed by atoms with Crippen LogP contribution in [-0.4, -0.2) is 34.8 Å². The first-order valence-electron chi connectivity index (χ1n) is 8.65. The minimum absolute atomic E-state index is 0.124. The van der Waals surface area contributed by atoms with Crippen molar-refractivity contribution in [3.05, 3.63) is 74.8 Å². The molecule has 7 nitrogen and oxygen atoms in total. The van der Waals surface area contributed by atoms with E-state index in [1.807, 2.05) is 0 Å². The third-order valence-electron chi connectivity index (χ3n) is 4.14. The number of rotatable bonds is 7. The average molecular weight is 425 g/mol. The molecule has 0 bridgehead atoms. The number of para-hydroxylation sites is 1. The van der Waals surface area contributed by atoms with E-state index in [4.69, 9.17) is 0 Å². The number of fused-ring (bicyclic) bond motifs is 1. The van der Waals surface area contributed by atoms with Gasteiger partial charge in [0.1, 0.15) is 5.75 Å². The van der Waals surface area contributed by atoms with E-state index in [0.29, 0.717) is 0 Å². The normalized spacial score (nSPS) is 11.6. The van der Waals surface area contributed by atoms with Gasteiger partial charge in [-0.3, -0.25) is 19.5 Å². The molecule has 1 heterocycles. The van der Waals surface area contributed by atoms with E-state index in [9.17, 15) is 31.9 Å². The fraction of sp³-hybridized carbons (Fsp3) is 0.211. The van der Waals surface area contributed by atoms with Crippen molar-refractivity contribution in [2.45, 2.75) is 19.1 Å². The van der Waals surface area contributed by atoms with Gasteiger partial charge in [-0.2, -0.15) is 17.6 Å². The Balaban J connectivity index is 1.73. The topological polar surface area (TPSA) is 93.2 Å². The van der Waals surface area contributed by atoms with Crippen LogP contribution in [0.3, 0.4) is 0 Å². The van der Waals surface area contributed by atoms with Gasteiger partial charge in [-0.05, 0) is 24.3 Å². The van der Waals surface area contributed by atoms with Gasteiger partial charge in [0.05, 0.1) is 22.9 Å². The van der Waals surface area contributed by atoms with Crippen LogP contribution >= 0.6 is 0 Å². The molecule has 2 N–H and O–H groups in total. The average Bonchev–Trinajstić information content (AvgIpc) is 2.71. The molecule has 0 atom stereocenters. The van der Waals surface area contributed by atoms with E-state index in [1.54, 1.807) is 12.1 Å². The quantitative estimate of drug-likeness (QED) is 0.569. The van der Waals surface area contributed by atoms with Gasteiger partial charge in [-0.15, -0.1) is 0 Å². The molecule has 0 spiro atoms. The number of nitrogens with one attached hydrogen (secondary N) is 2. The predicted octanol–water partition coefficient (Wildman–Crippen LogP) is 2.36. The molecule has 0 aliphatic rings. The number of hydrogen-bond donors (Lipinski definition) is 2. The van der Waals surface area contributed by atoms with Crippen molar-refractivity contribution in [3.8, 4) is 5.75 Å². The molecule has 1 aromatic heterocycles. The van der Waals surface area contributed by atoms with Crippen LogP contribution in [0.25, 0.3) is 10.8 Å². The zero-order valence-corrected chi connectivity index (χ0v) is 15.2. The fourth-order valence-corrected chi connectivity index (χ4v) is 2.71. The molecule has 11 heteroatoms.